The fourth-order valence-corrected chi connectivity index (χ4v) is 1.62. The van der Waals surface area contributed by atoms with Gasteiger partial charge in [0.2, 0.25) is 0 Å². The van der Waals surface area contributed by atoms with E-state index >= 15 is 0 Å². The Labute approximate surface area is 102 Å². The Bertz CT molecular complexity index is 579. The highest BCUT2D eigenvalue weighted by Crippen LogP contribution is 2.34. The number of aryl methyl sites for hydroxylation is 1. The van der Waals surface area contributed by atoms with Crippen LogP contribution in [0, 0.1) is 6.92 Å². The van der Waals surface area contributed by atoms with E-state index in [1.807, 2.05) is 0 Å². The van der Waals surface area contributed by atoms with Crippen molar-refractivity contribution in [2.75, 3.05) is 0 Å². The molecule has 0 atom stereocenters. The van der Waals surface area contributed by atoms with E-state index < -0.39 is 11.7 Å². The zero-order chi connectivity index (χ0) is 13.3. The van der Waals surface area contributed by atoms with Crippen LogP contribution in [0.4, 0.5) is 13.2 Å². The summed E-state index contributed by atoms with van der Waals surface area (Å²) in [6.45, 7) is 1.74. The number of aromatic nitrogens is 1. The number of nitrogens with zero attached hydrogens (tertiary/aromatic N) is 1. The largest absolute Gasteiger partial charge is 0.506 e. The lowest BCUT2D eigenvalue weighted by Gasteiger charge is -2.09. The number of halogens is 3. The standard InChI is InChI=1S/C13H10F3NO/c1-8-5-11(18)12(17-7-8)9-3-2-4-10(6-9)13(14,15)16/h2-7,18H,1H3. The Kier molecular flexibility index (Phi) is 2.98. The lowest BCUT2D eigenvalue weighted by atomic mass is 10.1. The van der Waals surface area contributed by atoms with Crippen LogP contribution in [0.1, 0.15) is 11.1 Å². The van der Waals surface area contributed by atoms with Gasteiger partial charge >= 0.3 is 6.18 Å². The van der Waals surface area contributed by atoms with Crippen LogP contribution >= 0.6 is 0 Å². The first-order chi connectivity index (χ1) is 8.38. The molecule has 2 nitrogen and oxygen atoms in total. The highest BCUT2D eigenvalue weighted by atomic mass is 19.4. The van der Waals surface area contributed by atoms with Crippen molar-refractivity contribution in [3.05, 3.63) is 47.7 Å². The van der Waals surface area contributed by atoms with Crippen LogP contribution in [0.3, 0.4) is 0 Å². The van der Waals surface area contributed by atoms with E-state index in [0.29, 0.717) is 0 Å². The fraction of sp³-hybridized carbons (Fsp3) is 0.154. The van der Waals surface area contributed by atoms with Crippen molar-refractivity contribution in [1.29, 1.82) is 0 Å². The molecule has 1 aromatic carbocycles. The monoisotopic (exact) mass is 253 g/mol. The van der Waals surface area contributed by atoms with E-state index in [9.17, 15) is 18.3 Å². The van der Waals surface area contributed by atoms with E-state index in [2.05, 4.69) is 4.98 Å². The van der Waals surface area contributed by atoms with Crippen molar-refractivity contribution >= 4 is 0 Å². The van der Waals surface area contributed by atoms with Crippen molar-refractivity contribution in [3.8, 4) is 17.0 Å². The number of hydrogen-bond donors (Lipinski definition) is 1. The normalized spacial score (nSPS) is 11.6. The van der Waals surface area contributed by atoms with Gasteiger partial charge < -0.3 is 5.11 Å². The first kappa shape index (κ1) is 12.4. The molecule has 0 fully saturated rings. The van der Waals surface area contributed by atoms with Crippen molar-refractivity contribution < 1.29 is 18.3 Å². The molecule has 0 bridgehead atoms. The van der Waals surface area contributed by atoms with Gasteiger partial charge in [0.15, 0.2) is 0 Å². The third-order valence-electron chi connectivity index (χ3n) is 2.47. The van der Waals surface area contributed by atoms with Gasteiger partial charge in [0.1, 0.15) is 11.4 Å². The molecule has 2 rings (SSSR count). The van der Waals surface area contributed by atoms with E-state index in [1.54, 1.807) is 6.92 Å². The molecule has 0 unspecified atom stereocenters. The number of pyridine rings is 1. The van der Waals surface area contributed by atoms with Gasteiger partial charge in [-0.05, 0) is 30.7 Å². The van der Waals surface area contributed by atoms with Gasteiger partial charge in [-0.1, -0.05) is 12.1 Å². The summed E-state index contributed by atoms with van der Waals surface area (Å²) < 4.78 is 37.7. The van der Waals surface area contributed by atoms with Crippen molar-refractivity contribution in [3.63, 3.8) is 0 Å². The molecular weight excluding hydrogens is 243 g/mol. The summed E-state index contributed by atoms with van der Waals surface area (Å²) in [4.78, 5) is 3.95. The summed E-state index contributed by atoms with van der Waals surface area (Å²) in [5, 5.41) is 9.69. The lowest BCUT2D eigenvalue weighted by molar-refractivity contribution is -0.137. The minimum absolute atomic E-state index is 0.130. The maximum Gasteiger partial charge on any atom is 0.416 e. The predicted molar refractivity (Wildman–Crippen MR) is 61.1 cm³/mol. The number of aromatic hydroxyl groups is 1. The zero-order valence-electron chi connectivity index (χ0n) is 9.49. The fourth-order valence-electron chi connectivity index (χ4n) is 1.62. The molecule has 0 saturated carbocycles. The second kappa shape index (κ2) is 4.33. The number of benzene rings is 1. The van der Waals surface area contributed by atoms with Crippen LogP contribution in [0.25, 0.3) is 11.3 Å². The Balaban J connectivity index is 2.51. The number of rotatable bonds is 1. The molecule has 0 aliphatic carbocycles. The Morgan fingerprint density at radius 1 is 1.17 bits per heavy atom. The summed E-state index contributed by atoms with van der Waals surface area (Å²) in [5.41, 5.74) is 0.360. The van der Waals surface area contributed by atoms with E-state index in [0.717, 1.165) is 17.7 Å². The summed E-state index contributed by atoms with van der Waals surface area (Å²) in [6.07, 6.45) is -2.91. The molecule has 94 valence electrons. The highest BCUT2D eigenvalue weighted by Gasteiger charge is 2.30. The second-order valence-electron chi connectivity index (χ2n) is 3.96. The third-order valence-corrected chi connectivity index (χ3v) is 2.47. The Morgan fingerprint density at radius 2 is 1.89 bits per heavy atom. The molecule has 0 aliphatic heterocycles. The Morgan fingerprint density at radius 3 is 2.50 bits per heavy atom. The first-order valence-electron chi connectivity index (χ1n) is 5.21. The number of alkyl halides is 3. The molecule has 0 aliphatic rings. The van der Waals surface area contributed by atoms with Gasteiger partial charge in [0.05, 0.1) is 5.56 Å². The van der Waals surface area contributed by atoms with E-state index in [-0.39, 0.29) is 17.0 Å². The van der Waals surface area contributed by atoms with Crippen LogP contribution in [0.2, 0.25) is 0 Å². The Hall–Kier alpha value is -2.04. The minimum Gasteiger partial charge on any atom is -0.506 e. The van der Waals surface area contributed by atoms with Crippen LogP contribution in [0.15, 0.2) is 36.5 Å². The van der Waals surface area contributed by atoms with Gasteiger partial charge in [-0.3, -0.25) is 4.98 Å². The summed E-state index contributed by atoms with van der Waals surface area (Å²) in [5.74, 6) is -0.130. The molecule has 18 heavy (non-hydrogen) atoms. The summed E-state index contributed by atoms with van der Waals surface area (Å²) >= 11 is 0. The van der Waals surface area contributed by atoms with E-state index in [1.165, 1.54) is 24.4 Å². The smallest absolute Gasteiger partial charge is 0.416 e. The molecule has 1 N–H and O–H groups in total. The predicted octanol–water partition coefficient (Wildman–Crippen LogP) is 3.78. The number of hydrogen-bond acceptors (Lipinski definition) is 2. The average molecular weight is 253 g/mol. The van der Waals surface area contributed by atoms with Crippen LogP contribution in [-0.2, 0) is 6.18 Å². The molecule has 1 heterocycles. The van der Waals surface area contributed by atoms with Crippen LogP contribution in [-0.4, -0.2) is 10.1 Å². The maximum absolute atomic E-state index is 12.6. The van der Waals surface area contributed by atoms with Crippen molar-refractivity contribution in [1.82, 2.24) is 4.98 Å². The molecule has 5 heteroatoms. The maximum atomic E-state index is 12.6. The second-order valence-corrected chi connectivity index (χ2v) is 3.96. The third kappa shape index (κ3) is 2.45. The molecular formula is C13H10F3NO. The van der Waals surface area contributed by atoms with Gasteiger partial charge in [-0.25, -0.2) is 0 Å². The summed E-state index contributed by atoms with van der Waals surface area (Å²) in [6, 6.07) is 6.18. The van der Waals surface area contributed by atoms with Gasteiger partial charge in [-0.15, -0.1) is 0 Å². The summed E-state index contributed by atoms with van der Waals surface area (Å²) in [7, 11) is 0. The molecule has 0 amide bonds. The zero-order valence-corrected chi connectivity index (χ0v) is 9.49. The molecule has 0 radical (unpaired) electrons. The topological polar surface area (TPSA) is 33.1 Å². The highest BCUT2D eigenvalue weighted by molar-refractivity contribution is 5.66. The SMILES string of the molecule is Cc1cnc(-c2cccc(C(F)(F)F)c2)c(O)c1. The van der Waals surface area contributed by atoms with E-state index in [4.69, 9.17) is 0 Å². The van der Waals surface area contributed by atoms with Gasteiger partial charge in [0, 0.05) is 11.8 Å². The lowest BCUT2D eigenvalue weighted by Crippen LogP contribution is -2.04. The van der Waals surface area contributed by atoms with Gasteiger partial charge in [0.25, 0.3) is 0 Å². The minimum atomic E-state index is -4.41. The van der Waals surface area contributed by atoms with Gasteiger partial charge in [-0.2, -0.15) is 13.2 Å². The van der Waals surface area contributed by atoms with Crippen LogP contribution in [0.5, 0.6) is 5.75 Å². The first-order valence-corrected chi connectivity index (χ1v) is 5.21. The molecule has 0 spiro atoms. The van der Waals surface area contributed by atoms with Crippen molar-refractivity contribution in [2.45, 2.75) is 13.1 Å². The molecule has 2 aromatic rings. The molecule has 1 aromatic heterocycles. The molecule has 0 saturated heterocycles. The average Bonchev–Trinajstić information content (AvgIpc) is 2.28. The quantitative estimate of drug-likeness (QED) is 0.838. The van der Waals surface area contributed by atoms with Crippen molar-refractivity contribution in [2.24, 2.45) is 0 Å². The van der Waals surface area contributed by atoms with Crippen LogP contribution < -0.4 is 0 Å².